The summed E-state index contributed by atoms with van der Waals surface area (Å²) in [6, 6.07) is 20.7. The van der Waals surface area contributed by atoms with E-state index in [1.807, 2.05) is 51.1 Å². The molecule has 0 radical (unpaired) electrons. The highest BCUT2D eigenvalue weighted by Gasteiger charge is 2.25. The van der Waals surface area contributed by atoms with Crippen LogP contribution in [0, 0.1) is 36.5 Å². The van der Waals surface area contributed by atoms with Gasteiger partial charge in [-0.25, -0.2) is 14.8 Å². The number of para-hydroxylation sites is 1. The van der Waals surface area contributed by atoms with E-state index in [9.17, 15) is 20.4 Å². The van der Waals surface area contributed by atoms with Gasteiger partial charge in [0, 0.05) is 43.1 Å². The normalized spacial score (nSPS) is 13.9. The van der Waals surface area contributed by atoms with Crippen molar-refractivity contribution >= 4 is 34.2 Å². The van der Waals surface area contributed by atoms with Crippen LogP contribution in [0.25, 0.3) is 11.0 Å². The minimum absolute atomic E-state index is 0.193. The zero-order valence-electron chi connectivity index (χ0n) is 22.6. The van der Waals surface area contributed by atoms with Crippen LogP contribution in [0.5, 0.6) is 0 Å². The van der Waals surface area contributed by atoms with Crippen molar-refractivity contribution in [2.45, 2.75) is 26.8 Å². The number of carboxylic acids is 1. The molecule has 0 bridgehead atoms. The highest BCUT2D eigenvalue weighted by Crippen LogP contribution is 2.31. The lowest BCUT2D eigenvalue weighted by Gasteiger charge is -2.37. The molecule has 0 saturated carbocycles. The molecule has 1 atom stereocenters. The number of aryl methyl sites for hydroxylation is 1. The molecule has 1 fully saturated rings. The first-order valence-corrected chi connectivity index (χ1v) is 13.1. The first kappa shape index (κ1) is 26.5. The SMILES string of the molecule is Cc1cc([C@@H](C)Nc2ccccc2C(=O)O)c2nc(N3CCN(c4cccc(C#N)c4C)CC3)c(C#N)nc2c1. The Morgan fingerprint density at radius 2 is 1.70 bits per heavy atom. The molecule has 40 heavy (non-hydrogen) atoms. The third-order valence-electron chi connectivity index (χ3n) is 7.37. The molecule has 2 N–H and O–H groups in total. The van der Waals surface area contributed by atoms with Crippen molar-refractivity contribution in [3.8, 4) is 12.1 Å². The van der Waals surface area contributed by atoms with Gasteiger partial charge in [-0.15, -0.1) is 0 Å². The van der Waals surface area contributed by atoms with Gasteiger partial charge in [0.05, 0.1) is 34.3 Å². The second-order valence-electron chi connectivity index (χ2n) is 9.98. The monoisotopic (exact) mass is 531 g/mol. The number of nitrogens with one attached hydrogen (secondary N) is 1. The predicted octanol–water partition coefficient (Wildman–Crippen LogP) is 5.19. The standard InChI is InChI=1S/C31H29N7O2/c1-19-15-24(21(3)34-25-9-5-4-8-23(25)31(39)40)29-26(16-19)35-27(18-33)30(36-29)38-13-11-37(12-14-38)28-10-6-7-22(17-32)20(28)2/h4-10,15-16,21,34H,11-14H2,1-3H3,(H,39,40)/t21-/m1/s1. The lowest BCUT2D eigenvalue weighted by molar-refractivity contribution is 0.0698. The number of hydrogen-bond acceptors (Lipinski definition) is 8. The van der Waals surface area contributed by atoms with Crippen LogP contribution < -0.4 is 15.1 Å². The van der Waals surface area contributed by atoms with Crippen molar-refractivity contribution < 1.29 is 9.90 Å². The molecule has 0 spiro atoms. The molecule has 4 aromatic rings. The number of nitrogens with zero attached hydrogens (tertiary/aromatic N) is 6. The maximum atomic E-state index is 11.7. The number of carboxylic acid groups (broad SMARTS) is 1. The number of aromatic nitrogens is 2. The van der Waals surface area contributed by atoms with E-state index in [1.165, 1.54) is 0 Å². The minimum Gasteiger partial charge on any atom is -0.478 e. The third-order valence-corrected chi connectivity index (χ3v) is 7.37. The molecule has 3 aromatic carbocycles. The van der Waals surface area contributed by atoms with Gasteiger partial charge in [-0.2, -0.15) is 10.5 Å². The summed E-state index contributed by atoms with van der Waals surface area (Å²) in [6.07, 6.45) is 0. The van der Waals surface area contributed by atoms with E-state index in [4.69, 9.17) is 9.97 Å². The Kier molecular flexibility index (Phi) is 7.22. The van der Waals surface area contributed by atoms with Gasteiger partial charge in [0.2, 0.25) is 0 Å². The zero-order valence-corrected chi connectivity index (χ0v) is 22.6. The summed E-state index contributed by atoms with van der Waals surface area (Å²) in [7, 11) is 0. The molecule has 0 amide bonds. The Hall–Kier alpha value is -5.15. The van der Waals surface area contributed by atoms with Crippen molar-refractivity contribution in [3.63, 3.8) is 0 Å². The van der Waals surface area contributed by atoms with Gasteiger partial charge in [0.15, 0.2) is 11.5 Å². The van der Waals surface area contributed by atoms with E-state index in [1.54, 1.807) is 24.3 Å². The predicted molar refractivity (Wildman–Crippen MR) is 155 cm³/mol. The summed E-state index contributed by atoms with van der Waals surface area (Å²) in [5.41, 5.74) is 6.80. The quantitative estimate of drug-likeness (QED) is 0.345. The summed E-state index contributed by atoms with van der Waals surface area (Å²) < 4.78 is 0. The molecule has 9 nitrogen and oxygen atoms in total. The van der Waals surface area contributed by atoms with E-state index in [0.29, 0.717) is 54.3 Å². The van der Waals surface area contributed by atoms with Crippen LogP contribution in [0.15, 0.2) is 54.6 Å². The summed E-state index contributed by atoms with van der Waals surface area (Å²) >= 11 is 0. The molecule has 0 aliphatic carbocycles. The molecule has 200 valence electrons. The minimum atomic E-state index is -1.00. The van der Waals surface area contributed by atoms with E-state index < -0.39 is 5.97 Å². The largest absolute Gasteiger partial charge is 0.478 e. The second kappa shape index (κ2) is 10.9. The second-order valence-corrected chi connectivity index (χ2v) is 9.98. The molecular weight excluding hydrogens is 502 g/mol. The molecule has 1 aromatic heterocycles. The molecular formula is C31H29N7O2. The number of benzene rings is 3. The maximum Gasteiger partial charge on any atom is 0.337 e. The molecule has 1 saturated heterocycles. The van der Waals surface area contributed by atoms with Crippen LogP contribution in [-0.4, -0.2) is 47.2 Å². The molecule has 9 heteroatoms. The molecule has 1 aliphatic rings. The molecule has 5 rings (SSSR count). The van der Waals surface area contributed by atoms with Crippen LogP contribution in [0.3, 0.4) is 0 Å². The highest BCUT2D eigenvalue weighted by atomic mass is 16.4. The fourth-order valence-corrected chi connectivity index (χ4v) is 5.30. The van der Waals surface area contributed by atoms with Crippen molar-refractivity contribution in [2.24, 2.45) is 0 Å². The lowest BCUT2D eigenvalue weighted by atomic mass is 10.0. The number of piperazine rings is 1. The lowest BCUT2D eigenvalue weighted by Crippen LogP contribution is -2.47. The van der Waals surface area contributed by atoms with Crippen LogP contribution in [0.4, 0.5) is 17.2 Å². The fourth-order valence-electron chi connectivity index (χ4n) is 5.30. The number of carbonyl (C=O) groups is 1. The van der Waals surface area contributed by atoms with Crippen LogP contribution in [-0.2, 0) is 0 Å². The van der Waals surface area contributed by atoms with Gasteiger partial charge in [-0.1, -0.05) is 24.3 Å². The van der Waals surface area contributed by atoms with E-state index in [-0.39, 0.29) is 17.3 Å². The molecule has 1 aliphatic heterocycles. The number of fused-ring (bicyclic) bond motifs is 1. The summed E-state index contributed by atoms with van der Waals surface area (Å²) in [4.78, 5) is 25.8. The van der Waals surface area contributed by atoms with Gasteiger partial charge in [-0.05, 0) is 62.2 Å². The first-order chi connectivity index (χ1) is 19.3. The fraction of sp³-hybridized carbons (Fsp3) is 0.258. The molecule has 0 unspecified atom stereocenters. The number of nitriles is 2. The van der Waals surface area contributed by atoms with Crippen LogP contribution in [0.1, 0.15) is 51.3 Å². The van der Waals surface area contributed by atoms with Gasteiger partial charge in [0.1, 0.15) is 6.07 Å². The Labute approximate surface area is 232 Å². The smallest absolute Gasteiger partial charge is 0.337 e. The van der Waals surface area contributed by atoms with Gasteiger partial charge >= 0.3 is 5.97 Å². The van der Waals surface area contributed by atoms with Crippen LogP contribution >= 0.6 is 0 Å². The number of rotatable bonds is 6. The van der Waals surface area contributed by atoms with Crippen LogP contribution in [0.2, 0.25) is 0 Å². The summed E-state index contributed by atoms with van der Waals surface area (Å²) in [5, 5.41) is 32.3. The van der Waals surface area contributed by atoms with Crippen molar-refractivity contribution in [3.05, 3.63) is 88.1 Å². The average molecular weight is 532 g/mol. The average Bonchev–Trinajstić information content (AvgIpc) is 2.96. The number of aromatic carboxylic acids is 1. The summed E-state index contributed by atoms with van der Waals surface area (Å²) in [5.74, 6) is -0.459. The Balaban J connectivity index is 1.47. The van der Waals surface area contributed by atoms with Crippen molar-refractivity contribution in [1.82, 2.24) is 9.97 Å². The summed E-state index contributed by atoms with van der Waals surface area (Å²) in [6.45, 7) is 8.61. The maximum absolute atomic E-state index is 11.7. The number of anilines is 3. The Morgan fingerprint density at radius 1 is 0.975 bits per heavy atom. The highest BCUT2D eigenvalue weighted by molar-refractivity contribution is 5.94. The van der Waals surface area contributed by atoms with Gasteiger partial charge < -0.3 is 20.2 Å². The van der Waals surface area contributed by atoms with Gasteiger partial charge in [-0.3, -0.25) is 0 Å². The third kappa shape index (κ3) is 4.97. The first-order valence-electron chi connectivity index (χ1n) is 13.1. The van der Waals surface area contributed by atoms with Crippen molar-refractivity contribution in [1.29, 1.82) is 10.5 Å². The molecule has 2 heterocycles. The van der Waals surface area contributed by atoms with Gasteiger partial charge in [0.25, 0.3) is 0 Å². The zero-order chi connectivity index (χ0) is 28.4. The van der Waals surface area contributed by atoms with E-state index >= 15 is 0 Å². The number of hydrogen-bond donors (Lipinski definition) is 2. The Bertz CT molecular complexity index is 1690. The van der Waals surface area contributed by atoms with E-state index in [2.05, 4.69) is 27.3 Å². The topological polar surface area (TPSA) is 129 Å². The van der Waals surface area contributed by atoms with Crippen molar-refractivity contribution in [2.75, 3.05) is 41.3 Å². The van der Waals surface area contributed by atoms with E-state index in [0.717, 1.165) is 22.4 Å². The Morgan fingerprint density at radius 3 is 2.40 bits per heavy atom.